The largest absolute Gasteiger partial charge is 0.340 e. The maximum absolute atomic E-state index is 11.4. The third-order valence-corrected chi connectivity index (χ3v) is 2.65. The summed E-state index contributed by atoms with van der Waals surface area (Å²) < 4.78 is 2.08. The van der Waals surface area contributed by atoms with Gasteiger partial charge in [0.2, 0.25) is 0 Å². The Hall–Kier alpha value is -1.05. The van der Waals surface area contributed by atoms with Crippen molar-refractivity contribution in [1.82, 2.24) is 4.57 Å². The minimum absolute atomic E-state index is 0.118. The molecule has 2 heteroatoms. The molecule has 1 aromatic heterocycles. The van der Waals surface area contributed by atoms with Crippen LogP contribution in [0.1, 0.15) is 37.2 Å². The summed E-state index contributed by atoms with van der Waals surface area (Å²) in [7, 11) is 0. The molecule has 0 saturated carbocycles. The molecule has 2 heterocycles. The fourth-order valence-corrected chi connectivity index (χ4v) is 1.80. The Kier molecular flexibility index (Phi) is 1.40. The van der Waals surface area contributed by atoms with Gasteiger partial charge >= 0.3 is 0 Å². The van der Waals surface area contributed by atoms with Gasteiger partial charge in [0, 0.05) is 18.2 Å². The van der Waals surface area contributed by atoms with Crippen LogP contribution in [-0.2, 0) is 5.54 Å². The second-order valence-electron chi connectivity index (χ2n) is 4.00. The van der Waals surface area contributed by atoms with Gasteiger partial charge in [-0.15, -0.1) is 0 Å². The maximum atomic E-state index is 11.4. The first-order valence-electron chi connectivity index (χ1n) is 4.32. The Labute approximate surface area is 72.2 Å². The van der Waals surface area contributed by atoms with E-state index in [0.29, 0.717) is 6.42 Å². The Bertz CT molecular complexity index is 322. The molecule has 0 N–H and O–H groups in total. The highest BCUT2D eigenvalue weighted by molar-refractivity contribution is 5.95. The molecular formula is C10H13NO. The highest BCUT2D eigenvalue weighted by Crippen LogP contribution is 2.29. The van der Waals surface area contributed by atoms with Crippen molar-refractivity contribution >= 4 is 5.78 Å². The van der Waals surface area contributed by atoms with E-state index >= 15 is 0 Å². The van der Waals surface area contributed by atoms with Gasteiger partial charge in [0.05, 0.1) is 5.69 Å². The summed E-state index contributed by atoms with van der Waals surface area (Å²) in [6.45, 7) is 4.34. The lowest BCUT2D eigenvalue weighted by atomic mass is 9.91. The zero-order valence-electron chi connectivity index (χ0n) is 7.50. The van der Waals surface area contributed by atoms with Gasteiger partial charge in [-0.1, -0.05) is 0 Å². The molecule has 0 aliphatic carbocycles. The van der Waals surface area contributed by atoms with Crippen LogP contribution in [0, 0.1) is 0 Å². The van der Waals surface area contributed by atoms with E-state index in [1.54, 1.807) is 0 Å². The summed E-state index contributed by atoms with van der Waals surface area (Å²) in [5.41, 5.74) is 0.985. The van der Waals surface area contributed by atoms with E-state index in [9.17, 15) is 4.79 Å². The van der Waals surface area contributed by atoms with Gasteiger partial charge in [-0.3, -0.25) is 4.79 Å². The number of hydrogen-bond donors (Lipinski definition) is 0. The van der Waals surface area contributed by atoms with E-state index in [0.717, 1.165) is 12.1 Å². The van der Waals surface area contributed by atoms with Crippen LogP contribution in [0.25, 0.3) is 0 Å². The molecule has 0 spiro atoms. The average molecular weight is 163 g/mol. The smallest absolute Gasteiger partial charge is 0.179 e. The highest BCUT2D eigenvalue weighted by Gasteiger charge is 2.29. The van der Waals surface area contributed by atoms with E-state index in [1.165, 1.54) is 0 Å². The average Bonchev–Trinajstić information content (AvgIpc) is 2.46. The number of hydrogen-bond acceptors (Lipinski definition) is 1. The van der Waals surface area contributed by atoms with E-state index in [-0.39, 0.29) is 11.3 Å². The van der Waals surface area contributed by atoms with Crippen molar-refractivity contribution in [3.05, 3.63) is 24.0 Å². The molecule has 0 atom stereocenters. The monoisotopic (exact) mass is 163 g/mol. The van der Waals surface area contributed by atoms with E-state index < -0.39 is 0 Å². The molecule has 1 aliphatic heterocycles. The predicted octanol–water partition coefficient (Wildman–Crippen LogP) is 2.20. The van der Waals surface area contributed by atoms with Crippen LogP contribution >= 0.6 is 0 Å². The van der Waals surface area contributed by atoms with Gasteiger partial charge in [-0.25, -0.2) is 0 Å². The van der Waals surface area contributed by atoms with Gasteiger partial charge in [0.15, 0.2) is 5.78 Å². The van der Waals surface area contributed by atoms with Crippen LogP contribution in [0.15, 0.2) is 18.3 Å². The van der Waals surface area contributed by atoms with Crippen molar-refractivity contribution in [2.75, 3.05) is 0 Å². The van der Waals surface area contributed by atoms with Crippen molar-refractivity contribution in [2.45, 2.75) is 32.2 Å². The van der Waals surface area contributed by atoms with Gasteiger partial charge < -0.3 is 4.57 Å². The SMILES string of the molecule is CC1(C)CCC(=O)c2cccn21. The zero-order valence-corrected chi connectivity index (χ0v) is 7.50. The number of ketones is 1. The number of rotatable bonds is 0. The van der Waals surface area contributed by atoms with Crippen molar-refractivity contribution in [2.24, 2.45) is 0 Å². The van der Waals surface area contributed by atoms with Crippen LogP contribution in [0.4, 0.5) is 0 Å². The summed E-state index contributed by atoms with van der Waals surface area (Å²) in [6.07, 6.45) is 3.64. The van der Waals surface area contributed by atoms with Crippen molar-refractivity contribution < 1.29 is 4.79 Å². The van der Waals surface area contributed by atoms with Crippen LogP contribution < -0.4 is 0 Å². The minimum atomic E-state index is 0.118. The molecule has 0 radical (unpaired) electrons. The summed E-state index contributed by atoms with van der Waals surface area (Å²) >= 11 is 0. The first-order chi connectivity index (χ1) is 5.61. The van der Waals surface area contributed by atoms with Gasteiger partial charge in [-0.05, 0) is 32.4 Å². The van der Waals surface area contributed by atoms with Gasteiger partial charge in [0.1, 0.15) is 0 Å². The number of nitrogens with zero attached hydrogens (tertiary/aromatic N) is 1. The highest BCUT2D eigenvalue weighted by atomic mass is 16.1. The maximum Gasteiger partial charge on any atom is 0.179 e. The molecule has 0 bridgehead atoms. The number of aromatic nitrogens is 1. The summed E-state index contributed by atoms with van der Waals surface area (Å²) in [5.74, 6) is 0.277. The fraction of sp³-hybridized carbons (Fsp3) is 0.500. The summed E-state index contributed by atoms with van der Waals surface area (Å²) in [5, 5.41) is 0. The molecule has 2 nitrogen and oxygen atoms in total. The number of fused-ring (bicyclic) bond motifs is 1. The number of carbonyl (C=O) groups is 1. The predicted molar refractivity (Wildman–Crippen MR) is 47.3 cm³/mol. The van der Waals surface area contributed by atoms with Crippen LogP contribution in [-0.4, -0.2) is 10.4 Å². The second-order valence-corrected chi connectivity index (χ2v) is 4.00. The normalized spacial score (nSPS) is 20.7. The summed E-state index contributed by atoms with van der Waals surface area (Å²) in [4.78, 5) is 11.4. The molecule has 0 aromatic carbocycles. The second kappa shape index (κ2) is 2.22. The van der Waals surface area contributed by atoms with E-state index in [1.807, 2.05) is 18.3 Å². The Morgan fingerprint density at radius 2 is 2.25 bits per heavy atom. The first kappa shape index (κ1) is 7.59. The third-order valence-electron chi connectivity index (χ3n) is 2.65. The molecule has 1 aromatic rings. The molecule has 2 rings (SSSR count). The standard InChI is InChI=1S/C10H13NO/c1-10(2)6-5-9(12)8-4-3-7-11(8)10/h3-4,7H,5-6H2,1-2H3. The lowest BCUT2D eigenvalue weighted by Gasteiger charge is -2.32. The van der Waals surface area contributed by atoms with Crippen LogP contribution in [0.3, 0.4) is 0 Å². The molecule has 0 unspecified atom stereocenters. The van der Waals surface area contributed by atoms with Crippen LogP contribution in [0.5, 0.6) is 0 Å². The molecule has 1 aliphatic rings. The van der Waals surface area contributed by atoms with Crippen molar-refractivity contribution in [1.29, 1.82) is 0 Å². The van der Waals surface area contributed by atoms with E-state index in [4.69, 9.17) is 0 Å². The summed E-state index contributed by atoms with van der Waals surface area (Å²) in [6, 6.07) is 3.85. The lowest BCUT2D eigenvalue weighted by Crippen LogP contribution is -2.33. The Morgan fingerprint density at radius 1 is 1.50 bits per heavy atom. The van der Waals surface area contributed by atoms with Gasteiger partial charge in [-0.2, -0.15) is 0 Å². The molecule has 64 valence electrons. The lowest BCUT2D eigenvalue weighted by molar-refractivity contribution is 0.0915. The minimum Gasteiger partial charge on any atom is -0.340 e. The molecule has 0 fully saturated rings. The zero-order chi connectivity index (χ0) is 8.77. The first-order valence-corrected chi connectivity index (χ1v) is 4.32. The molecule has 0 saturated heterocycles. The van der Waals surface area contributed by atoms with E-state index in [2.05, 4.69) is 18.4 Å². The molecule has 12 heavy (non-hydrogen) atoms. The number of Topliss-reactive ketones (excluding diaryl/α,β-unsaturated/α-hetero) is 1. The van der Waals surface area contributed by atoms with Crippen molar-refractivity contribution in [3.8, 4) is 0 Å². The topological polar surface area (TPSA) is 22.0 Å². The Balaban J connectivity index is 2.57. The Morgan fingerprint density at radius 3 is 2.92 bits per heavy atom. The molecular weight excluding hydrogens is 150 g/mol. The number of carbonyl (C=O) groups excluding carboxylic acids is 1. The van der Waals surface area contributed by atoms with Crippen molar-refractivity contribution in [3.63, 3.8) is 0 Å². The molecule has 0 amide bonds. The van der Waals surface area contributed by atoms with Crippen LogP contribution in [0.2, 0.25) is 0 Å². The van der Waals surface area contributed by atoms with Gasteiger partial charge in [0.25, 0.3) is 0 Å². The quantitative estimate of drug-likeness (QED) is 0.574. The third kappa shape index (κ3) is 0.909. The fourth-order valence-electron chi connectivity index (χ4n) is 1.80.